The van der Waals surface area contributed by atoms with E-state index >= 15 is 0 Å². The van der Waals surface area contributed by atoms with E-state index in [1.165, 1.54) is 22.3 Å². The fourth-order valence-corrected chi connectivity index (χ4v) is 2.70. The molecule has 2 nitrogen and oxygen atoms in total. The molecule has 3 rings (SSSR count). The van der Waals surface area contributed by atoms with E-state index in [4.69, 9.17) is 4.74 Å². The van der Waals surface area contributed by atoms with Crippen molar-refractivity contribution in [1.82, 2.24) is 0 Å². The Hall–Kier alpha value is 86.7. The van der Waals surface area contributed by atoms with E-state index in [-0.39, 0.29) is 2630 Å². The van der Waals surface area contributed by atoms with Gasteiger partial charge in [-0.25, -0.2) is 4.79 Å². The van der Waals surface area contributed by atoms with Gasteiger partial charge in [-0.3, -0.25) is 0 Å². The van der Waals surface area contributed by atoms with E-state index in [2.05, 4.69) is 33.5 Å². The first-order valence-corrected chi connectivity index (χ1v) is 6.45. The standard InChI is InChI=1S/C15H13O2P.80Y/c16-15(18)17-9-14-12-7-3-1-5-10(12)11-6-2-4-8-13(11)14;;;;;;;;;;;;;;;;;;;;;;;;;;;;;;;;;;;;;;;;;;;;;;;;;;;;;;;;;;;;;;;;;;;;;;;;;;;;;;;;/h1-8,14H,9,18H2;;;;;;;;;;;;;;;;;;;;;;;;;;;;;;;;;;;;;;;;;;;;;;;;;;;;;;;;;;;;;;;;;;;;;;;;;;;;;;;;. The SMILES string of the molecule is O=C(P)OCC1c2ccccc2-c2ccccc21.[Y].[Y].[Y].[Y].[Y].[Y].[Y].[Y].[Y].[Y].[Y].[Y].[Y].[Y].[Y].[Y].[Y].[Y].[Y].[Y].[Y].[Y].[Y].[Y].[Y].[Y].[Y].[Y].[Y].[Y].[Y].[Y].[Y].[Y].[Y].[Y].[Y].[Y].[Y].[Y].[Y].[Y].[Y].[Y].[Y].[Y].[Y].[Y].[Y].[Y].[Y].[Y].[Y].[Y].[Y].[Y].[Y].[Y].[Y].[Y].[Y].[Y].[Y].[Y].[Y].[Y].[Y].[Y].[Y].[Y].[Y].[Y].[Y].[Y].[Y].[Y].[Y].[Y].[Y].[Y]. The molecule has 0 aromatic heterocycles. The predicted octanol–water partition coefficient (Wildman–Crippen LogP) is 3.61. The summed E-state index contributed by atoms with van der Waals surface area (Å²) in [7, 11) is 2.05. The average Bonchev–Trinajstić information content (AvgIpc) is 2.71. The van der Waals surface area contributed by atoms with E-state index in [9.17, 15) is 4.79 Å². The van der Waals surface area contributed by atoms with Crippen LogP contribution in [-0.2, 0) is 2620 Å². The Morgan fingerprint density at radius 3 is 0.378 bits per heavy atom. The van der Waals surface area contributed by atoms with Crippen molar-refractivity contribution in [1.29, 1.82) is 0 Å². The fraction of sp³-hybridized carbons (Fsp3) is 0.133. The molecule has 98 heavy (non-hydrogen) atoms. The monoisotopic (exact) mass is 7370 g/mol. The van der Waals surface area contributed by atoms with Crippen molar-refractivity contribution >= 4 is 15.0 Å². The van der Waals surface area contributed by atoms with Crippen LogP contribution >= 0.6 is 9.24 Å². The molecule has 80 radical (unpaired) electrons. The van der Waals surface area contributed by atoms with Gasteiger partial charge < -0.3 is 4.74 Å². The summed E-state index contributed by atoms with van der Waals surface area (Å²) in [6.45, 7) is 0.399. The van der Waals surface area contributed by atoms with Crippen molar-refractivity contribution in [3.05, 3.63) is 59.7 Å². The number of carbonyl (C=O) groups is 1. The Labute approximate surface area is 2620 Å². The Morgan fingerprint density at radius 2 is 0.286 bits per heavy atom. The average molecular weight is 7370 g/mol. The molecule has 0 bridgehead atoms. The van der Waals surface area contributed by atoms with Crippen LogP contribution in [0.3, 0.4) is 0 Å². The zero-order valence-corrected chi connectivity index (χ0v) is 284. The van der Waals surface area contributed by atoms with Gasteiger partial charge >= 0.3 is 5.71 Å². The van der Waals surface area contributed by atoms with Crippen molar-refractivity contribution < 1.29 is 2630 Å². The topological polar surface area (TPSA) is 26.3 Å². The van der Waals surface area contributed by atoms with Crippen LogP contribution in [0.5, 0.6) is 0 Å². The van der Waals surface area contributed by atoms with Crippen molar-refractivity contribution in [3.63, 3.8) is 0 Å². The minimum Gasteiger partial charge on any atom is -0.462 e. The van der Waals surface area contributed by atoms with E-state index in [0.29, 0.717) is 6.61 Å². The molecule has 1 aliphatic carbocycles. The van der Waals surface area contributed by atoms with E-state index < -0.39 is 0 Å². The zero-order valence-electron chi connectivity index (χ0n) is 56.0. The quantitative estimate of drug-likeness (QED) is 0.431. The van der Waals surface area contributed by atoms with E-state index in [1.807, 2.05) is 24.3 Å². The summed E-state index contributed by atoms with van der Waals surface area (Å²) in [5.74, 6) is 0.155. The summed E-state index contributed by atoms with van der Waals surface area (Å²) in [5, 5.41) is 0. The molecule has 1 unspecified atom stereocenters. The minimum atomic E-state index is -0.308. The molecule has 0 aliphatic heterocycles. The van der Waals surface area contributed by atoms with Gasteiger partial charge in [0.25, 0.3) is 0 Å². The van der Waals surface area contributed by atoms with Crippen molar-refractivity contribution in [2.45, 2.75) is 5.92 Å². The molecule has 0 N–H and O–H groups in total. The second kappa shape index (κ2) is 466. The van der Waals surface area contributed by atoms with Crippen LogP contribution in [0, 0.1) is 0 Å². The van der Waals surface area contributed by atoms with E-state index in [1.54, 1.807) is 0 Å². The first-order valence-electron chi connectivity index (χ1n) is 5.88. The molecule has 83 heteroatoms. The smallest absolute Gasteiger partial charge is 0.319 e. The molecular weight excluding hydrogens is 7360 g/mol. The van der Waals surface area contributed by atoms with Crippen LogP contribution in [0.25, 0.3) is 11.1 Å². The molecule has 2 aromatic rings. The van der Waals surface area contributed by atoms with E-state index in [0.717, 1.165) is 0 Å². The van der Waals surface area contributed by atoms with Gasteiger partial charge in [-0.2, -0.15) is 0 Å². The number of fused-ring (bicyclic) bond motifs is 3. The molecule has 0 spiro atoms. The van der Waals surface area contributed by atoms with Gasteiger partial charge in [0, 0.05) is 2620 Å². The second-order valence-electron chi connectivity index (χ2n) is 4.36. The van der Waals surface area contributed by atoms with Gasteiger partial charge in [0.05, 0.1) is 0 Å². The third-order valence-electron chi connectivity index (χ3n) is 3.35. The Balaban J connectivity index is -0.000000000658. The number of carbonyl (C=O) groups excluding carboxylic acids is 1. The predicted molar refractivity (Wildman–Crippen MR) is 74.8 cm³/mol. The number of hydrogen-bond acceptors (Lipinski definition) is 2. The number of hydrogen-bond donors (Lipinski definition) is 0. The second-order valence-corrected chi connectivity index (χ2v) is 4.83. The Kier molecular flexibility index (Phi) is 2600. The minimum absolute atomic E-state index is 0. The van der Waals surface area contributed by atoms with Crippen LogP contribution in [-0.4, -0.2) is 12.3 Å². The summed E-state index contributed by atoms with van der Waals surface area (Å²) < 4.78 is 5.16. The molecule has 330 valence electrons. The maximum atomic E-state index is 11.0. The molecule has 0 amide bonds. The summed E-state index contributed by atoms with van der Waals surface area (Å²) in [5.41, 5.74) is 4.67. The first-order chi connectivity index (χ1) is 8.77. The van der Waals surface area contributed by atoms with Gasteiger partial charge in [0.15, 0.2) is 0 Å². The van der Waals surface area contributed by atoms with Gasteiger partial charge in [-0.15, -0.1) is 0 Å². The van der Waals surface area contributed by atoms with Crippen LogP contribution in [0.1, 0.15) is 17.0 Å². The molecule has 1 atom stereocenters. The maximum absolute atomic E-state index is 11.0. The van der Waals surface area contributed by atoms with Crippen LogP contribution < -0.4 is 0 Å². The van der Waals surface area contributed by atoms with Gasteiger partial charge in [-0.05, 0) is 31.5 Å². The Morgan fingerprint density at radius 1 is 0.194 bits per heavy atom. The maximum Gasteiger partial charge on any atom is 0.319 e. The van der Waals surface area contributed by atoms with Gasteiger partial charge in [0.1, 0.15) is 6.61 Å². The number of benzene rings is 2. The molecule has 0 saturated carbocycles. The van der Waals surface area contributed by atoms with Crippen LogP contribution in [0.2, 0.25) is 0 Å². The zero-order chi connectivity index (χ0) is 12.5. The molecule has 2 aromatic carbocycles. The number of ether oxygens (including phenoxy) is 1. The third kappa shape index (κ3) is 382. The number of rotatable bonds is 2. The molecular formula is C15H13O2PY80. The molecule has 0 saturated heterocycles. The summed E-state index contributed by atoms with van der Waals surface area (Å²) in [6, 6.07) is 16.6. The largest absolute Gasteiger partial charge is 0.462 e. The summed E-state index contributed by atoms with van der Waals surface area (Å²) in [6.07, 6.45) is 0. The third-order valence-corrected chi connectivity index (χ3v) is 3.52. The molecule has 1 aliphatic rings. The van der Waals surface area contributed by atoms with Gasteiger partial charge in [-0.1, -0.05) is 48.5 Å². The van der Waals surface area contributed by atoms with Crippen molar-refractivity contribution in [2.75, 3.05) is 6.61 Å². The fourth-order valence-electron chi connectivity index (χ4n) is 2.60. The van der Waals surface area contributed by atoms with Crippen LogP contribution in [0.4, 0.5) is 4.79 Å². The summed E-state index contributed by atoms with van der Waals surface area (Å²) >= 11 is 0. The normalized spacial score (nSPS) is 2.38. The van der Waals surface area contributed by atoms with Crippen LogP contribution in [0.15, 0.2) is 48.5 Å². The van der Waals surface area contributed by atoms with Crippen molar-refractivity contribution in [2.24, 2.45) is 0 Å². The summed E-state index contributed by atoms with van der Waals surface area (Å²) in [4.78, 5) is 11.0. The molecule has 0 fully saturated rings. The van der Waals surface area contributed by atoms with Gasteiger partial charge in [0.2, 0.25) is 0 Å². The first kappa shape index (κ1) is 548. The Bertz CT molecular complexity index is 629. The molecule has 0 heterocycles. The van der Waals surface area contributed by atoms with Crippen molar-refractivity contribution in [3.8, 4) is 11.1 Å².